The summed E-state index contributed by atoms with van der Waals surface area (Å²) in [5.74, 6) is -0.327. The third-order valence-electron chi connectivity index (χ3n) is 7.32. The van der Waals surface area contributed by atoms with Crippen molar-refractivity contribution in [3.05, 3.63) is 59.8 Å². The molecular formula is C28H33N5O6S. The molecule has 3 aromatic rings. The van der Waals surface area contributed by atoms with Crippen molar-refractivity contribution in [2.24, 2.45) is 5.92 Å². The van der Waals surface area contributed by atoms with Gasteiger partial charge in [-0.1, -0.05) is 13.0 Å². The monoisotopic (exact) mass is 567 g/mol. The molecule has 1 aliphatic heterocycles. The number of anilines is 2. The number of hydrogen-bond acceptors (Lipinski definition) is 10. The summed E-state index contributed by atoms with van der Waals surface area (Å²) in [6, 6.07) is 10.5. The summed E-state index contributed by atoms with van der Waals surface area (Å²) in [5, 5.41) is -0.384. The van der Waals surface area contributed by atoms with Gasteiger partial charge in [-0.2, -0.15) is 8.42 Å². The molecule has 3 N–H and O–H groups in total. The fourth-order valence-electron chi connectivity index (χ4n) is 4.68. The number of nitrogens with one attached hydrogen (secondary N) is 1. The number of aromatic nitrogens is 2. The maximum absolute atomic E-state index is 13.7. The standard InChI is InChI=1S/C28H33N5O6S/c1-6-39-27(35)18-10-11-22(38-5)20(14-18)19-15-21(25(30-16-19)33-13-12-17(2)28(33,3)4)26(34)32-40(36,37)24-9-7-8-23(29)31-24/h7-11,14-17H,6,12-13H2,1-5H3,(H2,29,31)(H,32,34). The third-order valence-corrected chi connectivity index (χ3v) is 8.56. The van der Waals surface area contributed by atoms with Crippen molar-refractivity contribution in [3.63, 3.8) is 0 Å². The van der Waals surface area contributed by atoms with E-state index in [9.17, 15) is 18.0 Å². The molecule has 0 radical (unpaired) electrons. The molecule has 12 heteroatoms. The Kier molecular flexibility index (Phi) is 8.01. The highest BCUT2D eigenvalue weighted by Crippen LogP contribution is 2.40. The van der Waals surface area contributed by atoms with E-state index < -0.39 is 21.9 Å². The zero-order chi connectivity index (χ0) is 29.2. The van der Waals surface area contributed by atoms with Crippen LogP contribution in [0.4, 0.5) is 11.6 Å². The van der Waals surface area contributed by atoms with Crippen LogP contribution in [0.15, 0.2) is 53.7 Å². The molecule has 3 heterocycles. The van der Waals surface area contributed by atoms with Gasteiger partial charge in [0.05, 0.1) is 24.8 Å². The molecule has 1 unspecified atom stereocenters. The number of carbonyl (C=O) groups excluding carboxylic acids is 2. The summed E-state index contributed by atoms with van der Waals surface area (Å²) < 4.78 is 38.9. The Balaban J connectivity index is 1.84. The molecule has 0 saturated carbocycles. The lowest BCUT2D eigenvalue weighted by molar-refractivity contribution is 0.0526. The number of rotatable bonds is 8. The molecule has 2 aromatic heterocycles. The highest BCUT2D eigenvalue weighted by molar-refractivity contribution is 7.90. The Morgan fingerprint density at radius 1 is 1.20 bits per heavy atom. The van der Waals surface area contributed by atoms with Crippen LogP contribution in [-0.4, -0.2) is 56.1 Å². The minimum atomic E-state index is -4.35. The van der Waals surface area contributed by atoms with Crippen molar-refractivity contribution in [2.45, 2.75) is 44.7 Å². The lowest BCUT2D eigenvalue weighted by Crippen LogP contribution is -2.43. The first-order chi connectivity index (χ1) is 18.9. The number of benzene rings is 1. The molecule has 1 saturated heterocycles. The number of nitrogens with zero attached hydrogens (tertiary/aromatic N) is 3. The topological polar surface area (TPSA) is 154 Å². The van der Waals surface area contributed by atoms with E-state index in [2.05, 4.69) is 35.5 Å². The van der Waals surface area contributed by atoms with Gasteiger partial charge in [-0.25, -0.2) is 19.5 Å². The molecule has 0 bridgehead atoms. The van der Waals surface area contributed by atoms with Crippen LogP contribution in [-0.2, 0) is 14.8 Å². The second-order valence-corrected chi connectivity index (χ2v) is 11.7. The molecule has 1 amide bonds. The molecule has 1 aromatic carbocycles. The van der Waals surface area contributed by atoms with Crippen molar-refractivity contribution in [2.75, 3.05) is 30.9 Å². The van der Waals surface area contributed by atoms with Gasteiger partial charge in [-0.05, 0) is 69.5 Å². The van der Waals surface area contributed by atoms with Gasteiger partial charge in [0.1, 0.15) is 17.4 Å². The lowest BCUT2D eigenvalue weighted by atomic mass is 9.90. The summed E-state index contributed by atoms with van der Waals surface area (Å²) in [6.45, 7) is 8.79. The Morgan fingerprint density at radius 2 is 1.95 bits per heavy atom. The van der Waals surface area contributed by atoms with E-state index in [1.807, 2.05) is 4.90 Å². The van der Waals surface area contributed by atoms with E-state index in [0.717, 1.165) is 6.42 Å². The summed E-state index contributed by atoms with van der Waals surface area (Å²) in [6.07, 6.45) is 2.45. The van der Waals surface area contributed by atoms with Gasteiger partial charge in [0.15, 0.2) is 5.03 Å². The molecule has 11 nitrogen and oxygen atoms in total. The quantitative estimate of drug-likeness (QED) is 0.386. The van der Waals surface area contributed by atoms with E-state index in [1.165, 1.54) is 25.3 Å². The normalized spacial score (nSPS) is 16.4. The summed E-state index contributed by atoms with van der Waals surface area (Å²) >= 11 is 0. The van der Waals surface area contributed by atoms with Crippen LogP contribution in [0.5, 0.6) is 5.75 Å². The molecule has 4 rings (SSSR count). The largest absolute Gasteiger partial charge is 0.496 e. The second-order valence-electron chi connectivity index (χ2n) is 10.1. The molecule has 0 spiro atoms. The molecular weight excluding hydrogens is 534 g/mol. The third kappa shape index (κ3) is 5.57. The van der Waals surface area contributed by atoms with Gasteiger partial charge >= 0.3 is 5.97 Å². The number of pyridine rings is 2. The van der Waals surface area contributed by atoms with E-state index in [-0.39, 0.29) is 34.1 Å². The first-order valence-electron chi connectivity index (χ1n) is 12.8. The molecule has 1 fully saturated rings. The van der Waals surface area contributed by atoms with Crippen molar-refractivity contribution in [1.29, 1.82) is 0 Å². The maximum Gasteiger partial charge on any atom is 0.338 e. The van der Waals surface area contributed by atoms with E-state index in [4.69, 9.17) is 15.2 Å². The fourth-order valence-corrected chi connectivity index (χ4v) is 5.62. The molecule has 40 heavy (non-hydrogen) atoms. The Bertz CT molecular complexity index is 1560. The van der Waals surface area contributed by atoms with Crippen molar-refractivity contribution < 1.29 is 27.5 Å². The number of hydrogen-bond donors (Lipinski definition) is 2. The zero-order valence-electron chi connectivity index (χ0n) is 23.1. The molecule has 1 atom stereocenters. The Labute approximate surface area is 233 Å². The second kappa shape index (κ2) is 11.1. The van der Waals surface area contributed by atoms with Crippen LogP contribution in [0.1, 0.15) is 54.8 Å². The van der Waals surface area contributed by atoms with Gasteiger partial charge in [0.25, 0.3) is 15.9 Å². The highest BCUT2D eigenvalue weighted by atomic mass is 32.2. The van der Waals surface area contributed by atoms with Crippen LogP contribution in [0.25, 0.3) is 11.1 Å². The van der Waals surface area contributed by atoms with Gasteiger partial charge in [-0.3, -0.25) is 4.79 Å². The van der Waals surface area contributed by atoms with Crippen molar-refractivity contribution >= 4 is 33.5 Å². The van der Waals surface area contributed by atoms with E-state index >= 15 is 0 Å². The van der Waals surface area contributed by atoms with Gasteiger partial charge in [0, 0.05) is 29.4 Å². The van der Waals surface area contributed by atoms with Crippen molar-refractivity contribution in [3.8, 4) is 16.9 Å². The van der Waals surface area contributed by atoms with Crippen molar-refractivity contribution in [1.82, 2.24) is 14.7 Å². The lowest BCUT2D eigenvalue weighted by Gasteiger charge is -2.36. The van der Waals surface area contributed by atoms with Crippen LogP contribution >= 0.6 is 0 Å². The summed E-state index contributed by atoms with van der Waals surface area (Å²) in [7, 11) is -2.86. The highest BCUT2D eigenvalue weighted by Gasteiger charge is 2.41. The average Bonchev–Trinajstić information content (AvgIpc) is 3.19. The maximum atomic E-state index is 13.7. The smallest absolute Gasteiger partial charge is 0.338 e. The first kappa shape index (κ1) is 28.8. The van der Waals surface area contributed by atoms with Crippen LogP contribution in [0.2, 0.25) is 0 Å². The zero-order valence-corrected chi connectivity index (χ0v) is 23.9. The summed E-state index contributed by atoms with van der Waals surface area (Å²) in [5.41, 5.74) is 6.57. The predicted molar refractivity (Wildman–Crippen MR) is 151 cm³/mol. The number of ether oxygens (including phenoxy) is 2. The number of esters is 1. The number of methoxy groups -OCH3 is 1. The number of carbonyl (C=O) groups is 2. The average molecular weight is 568 g/mol. The Morgan fingerprint density at radius 3 is 2.58 bits per heavy atom. The predicted octanol–water partition coefficient (Wildman–Crippen LogP) is 3.65. The minimum absolute atomic E-state index is 0.000979. The van der Waals surface area contributed by atoms with Gasteiger partial charge in [-0.15, -0.1) is 0 Å². The Hall–Kier alpha value is -4.19. The number of nitrogen functional groups attached to an aromatic ring is 1. The summed E-state index contributed by atoms with van der Waals surface area (Å²) in [4.78, 5) is 36.6. The van der Waals surface area contributed by atoms with Gasteiger partial charge < -0.3 is 20.1 Å². The molecule has 1 aliphatic rings. The van der Waals surface area contributed by atoms with Crippen LogP contribution in [0, 0.1) is 5.92 Å². The molecule has 0 aliphatic carbocycles. The van der Waals surface area contributed by atoms with Gasteiger partial charge in [0.2, 0.25) is 0 Å². The minimum Gasteiger partial charge on any atom is -0.496 e. The number of amides is 1. The SMILES string of the molecule is CCOC(=O)c1ccc(OC)c(-c2cnc(N3CCC(C)C3(C)C)c(C(=O)NS(=O)(=O)c3cccc(N)n3)c2)c1. The van der Waals surface area contributed by atoms with E-state index in [0.29, 0.717) is 35.2 Å². The number of nitrogens with two attached hydrogens (primary N) is 1. The van der Waals surface area contributed by atoms with E-state index in [1.54, 1.807) is 37.4 Å². The fraction of sp³-hybridized carbons (Fsp3) is 0.357. The van der Waals surface area contributed by atoms with Crippen LogP contribution < -0.4 is 20.1 Å². The van der Waals surface area contributed by atoms with Crippen LogP contribution in [0.3, 0.4) is 0 Å². The molecule has 212 valence electrons. The number of sulfonamides is 1. The first-order valence-corrected chi connectivity index (χ1v) is 14.3.